The molecule has 1 aromatic rings. The summed E-state index contributed by atoms with van der Waals surface area (Å²) >= 11 is 0. The molecule has 0 saturated carbocycles. The second-order valence-corrected chi connectivity index (χ2v) is 6.36. The average Bonchev–Trinajstić information content (AvgIpc) is 2.62. The molecule has 1 aromatic carbocycles. The molecule has 0 spiro atoms. The number of benzene rings is 1. The highest BCUT2D eigenvalue weighted by Crippen LogP contribution is 2.12. The second kappa shape index (κ2) is 12.1. The first-order valence-corrected chi connectivity index (χ1v) is 9.24. The Bertz CT molecular complexity index is 584. The Hall–Kier alpha value is -2.37. The van der Waals surface area contributed by atoms with Crippen LogP contribution in [-0.2, 0) is 14.3 Å². The molecule has 0 heterocycles. The summed E-state index contributed by atoms with van der Waals surface area (Å²) in [5.74, 6) is -0.936. The van der Waals surface area contributed by atoms with Crippen molar-refractivity contribution < 1.29 is 19.1 Å². The van der Waals surface area contributed by atoms with Gasteiger partial charge in [0.25, 0.3) is 5.91 Å². The highest BCUT2D eigenvalue weighted by atomic mass is 16.5. The third kappa shape index (κ3) is 8.14. The molecular weight excluding hydrogens is 332 g/mol. The van der Waals surface area contributed by atoms with Crippen LogP contribution in [0.1, 0.15) is 69.2 Å². The summed E-state index contributed by atoms with van der Waals surface area (Å²) in [6.45, 7) is 3.59. The number of hydrogen-bond acceptors (Lipinski definition) is 4. The summed E-state index contributed by atoms with van der Waals surface area (Å²) in [6, 6.07) is 5.88. The normalized spacial score (nSPS) is 11.5. The average molecular weight is 362 g/mol. The third-order valence-electron chi connectivity index (χ3n) is 4.10. The van der Waals surface area contributed by atoms with Crippen molar-refractivity contribution in [3.05, 3.63) is 29.8 Å². The number of amides is 2. The van der Waals surface area contributed by atoms with Crippen molar-refractivity contribution in [2.45, 2.75) is 64.8 Å². The summed E-state index contributed by atoms with van der Waals surface area (Å²) in [6.07, 6.45) is 7.23. The first-order valence-electron chi connectivity index (χ1n) is 9.24. The summed E-state index contributed by atoms with van der Waals surface area (Å²) in [7, 11) is 1.32. The maximum Gasteiger partial charge on any atom is 0.328 e. The molecule has 0 fully saturated rings. The van der Waals surface area contributed by atoms with Crippen molar-refractivity contribution in [3.8, 4) is 0 Å². The molecule has 0 aromatic heterocycles. The van der Waals surface area contributed by atoms with E-state index in [1.165, 1.54) is 33.3 Å². The zero-order valence-corrected chi connectivity index (χ0v) is 16.0. The SMILES string of the molecule is CCCCCCCC[C@H](NC(=O)c1ccc(NC(C)=O)cc1)C(=O)OC. The predicted octanol–water partition coefficient (Wildman–Crippen LogP) is 3.67. The summed E-state index contributed by atoms with van der Waals surface area (Å²) in [5, 5.41) is 5.39. The lowest BCUT2D eigenvalue weighted by molar-refractivity contribution is -0.143. The highest BCUT2D eigenvalue weighted by Gasteiger charge is 2.21. The zero-order chi connectivity index (χ0) is 19.4. The monoisotopic (exact) mass is 362 g/mol. The van der Waals surface area contributed by atoms with Gasteiger partial charge in [0.1, 0.15) is 6.04 Å². The van der Waals surface area contributed by atoms with Crippen LogP contribution in [0.4, 0.5) is 5.69 Å². The Labute approximate surface area is 155 Å². The summed E-state index contributed by atoms with van der Waals surface area (Å²) in [4.78, 5) is 35.3. The van der Waals surface area contributed by atoms with Gasteiger partial charge in [-0.2, -0.15) is 0 Å². The van der Waals surface area contributed by atoms with Gasteiger partial charge in [-0.25, -0.2) is 4.79 Å². The largest absolute Gasteiger partial charge is 0.467 e. The molecule has 0 saturated heterocycles. The molecule has 144 valence electrons. The Morgan fingerprint density at radius 1 is 1.00 bits per heavy atom. The molecule has 0 aliphatic carbocycles. The Morgan fingerprint density at radius 3 is 2.19 bits per heavy atom. The van der Waals surface area contributed by atoms with Crippen molar-refractivity contribution in [2.75, 3.05) is 12.4 Å². The van der Waals surface area contributed by atoms with Gasteiger partial charge in [0.05, 0.1) is 7.11 Å². The van der Waals surface area contributed by atoms with E-state index in [2.05, 4.69) is 17.6 Å². The number of rotatable bonds is 11. The van der Waals surface area contributed by atoms with Crippen molar-refractivity contribution in [1.29, 1.82) is 0 Å². The first-order chi connectivity index (χ1) is 12.5. The van der Waals surface area contributed by atoms with Crippen LogP contribution in [0.25, 0.3) is 0 Å². The molecular formula is C20H30N2O4. The number of hydrogen-bond donors (Lipinski definition) is 2. The number of carbonyl (C=O) groups is 3. The third-order valence-corrected chi connectivity index (χ3v) is 4.10. The lowest BCUT2D eigenvalue weighted by Gasteiger charge is -2.16. The maximum atomic E-state index is 12.4. The lowest BCUT2D eigenvalue weighted by atomic mass is 10.0. The number of anilines is 1. The van der Waals surface area contributed by atoms with Crippen LogP contribution in [0.2, 0.25) is 0 Å². The van der Waals surface area contributed by atoms with E-state index in [4.69, 9.17) is 4.74 Å². The molecule has 6 nitrogen and oxygen atoms in total. The van der Waals surface area contributed by atoms with E-state index < -0.39 is 12.0 Å². The van der Waals surface area contributed by atoms with Crippen LogP contribution >= 0.6 is 0 Å². The van der Waals surface area contributed by atoms with Crippen LogP contribution in [0.15, 0.2) is 24.3 Å². The van der Waals surface area contributed by atoms with Crippen LogP contribution in [0.5, 0.6) is 0 Å². The smallest absolute Gasteiger partial charge is 0.328 e. The van der Waals surface area contributed by atoms with E-state index in [0.29, 0.717) is 17.7 Å². The minimum absolute atomic E-state index is 0.174. The Balaban J connectivity index is 2.56. The molecule has 6 heteroatoms. The standard InChI is InChI=1S/C20H30N2O4/c1-4-5-6-7-8-9-10-18(20(25)26-3)22-19(24)16-11-13-17(14-12-16)21-15(2)23/h11-14,18H,4-10H2,1-3H3,(H,21,23)(H,22,24)/t18-/m0/s1. The molecule has 2 N–H and O–H groups in total. The Kier molecular flexibility index (Phi) is 10.1. The molecule has 0 unspecified atom stereocenters. The van der Waals surface area contributed by atoms with E-state index in [9.17, 15) is 14.4 Å². The number of methoxy groups -OCH3 is 1. The number of ether oxygens (including phenoxy) is 1. The number of unbranched alkanes of at least 4 members (excludes halogenated alkanes) is 5. The first kappa shape index (κ1) is 21.7. The van der Waals surface area contributed by atoms with Crippen molar-refractivity contribution in [1.82, 2.24) is 5.32 Å². The van der Waals surface area contributed by atoms with Gasteiger partial charge in [-0.15, -0.1) is 0 Å². The molecule has 0 radical (unpaired) electrons. The van der Waals surface area contributed by atoms with Crippen LogP contribution in [0, 0.1) is 0 Å². The summed E-state index contributed by atoms with van der Waals surface area (Å²) in [5.41, 5.74) is 1.04. The van der Waals surface area contributed by atoms with Crippen molar-refractivity contribution in [2.24, 2.45) is 0 Å². The summed E-state index contributed by atoms with van der Waals surface area (Å²) < 4.78 is 4.81. The molecule has 2 amide bonds. The minimum Gasteiger partial charge on any atom is -0.467 e. The van der Waals surface area contributed by atoms with E-state index in [1.54, 1.807) is 24.3 Å². The fraction of sp³-hybridized carbons (Fsp3) is 0.550. The van der Waals surface area contributed by atoms with Gasteiger partial charge >= 0.3 is 5.97 Å². The van der Waals surface area contributed by atoms with Gasteiger partial charge in [-0.05, 0) is 30.7 Å². The number of carbonyl (C=O) groups excluding carboxylic acids is 3. The fourth-order valence-corrected chi connectivity index (χ4v) is 2.67. The topological polar surface area (TPSA) is 84.5 Å². The quantitative estimate of drug-likeness (QED) is 0.465. The fourth-order valence-electron chi connectivity index (χ4n) is 2.67. The van der Waals surface area contributed by atoms with Gasteiger partial charge < -0.3 is 15.4 Å². The van der Waals surface area contributed by atoms with Gasteiger partial charge in [-0.3, -0.25) is 9.59 Å². The van der Waals surface area contributed by atoms with Crippen LogP contribution < -0.4 is 10.6 Å². The van der Waals surface area contributed by atoms with Gasteiger partial charge in [0.15, 0.2) is 0 Å². The van der Waals surface area contributed by atoms with E-state index >= 15 is 0 Å². The van der Waals surface area contributed by atoms with Crippen molar-refractivity contribution in [3.63, 3.8) is 0 Å². The van der Waals surface area contributed by atoms with Gasteiger partial charge in [0.2, 0.25) is 5.91 Å². The van der Waals surface area contributed by atoms with E-state index in [0.717, 1.165) is 19.3 Å². The van der Waals surface area contributed by atoms with Gasteiger partial charge in [-0.1, -0.05) is 45.4 Å². The predicted molar refractivity (Wildman–Crippen MR) is 102 cm³/mol. The van der Waals surface area contributed by atoms with Gasteiger partial charge in [0, 0.05) is 18.2 Å². The van der Waals surface area contributed by atoms with E-state index in [1.807, 2.05) is 0 Å². The van der Waals surface area contributed by atoms with Crippen molar-refractivity contribution >= 4 is 23.5 Å². The number of esters is 1. The van der Waals surface area contributed by atoms with E-state index in [-0.39, 0.29) is 11.8 Å². The minimum atomic E-state index is -0.645. The van der Waals surface area contributed by atoms with Crippen LogP contribution in [-0.4, -0.2) is 30.9 Å². The molecule has 1 atom stereocenters. The molecule has 1 rings (SSSR count). The zero-order valence-electron chi connectivity index (χ0n) is 16.0. The molecule has 0 aliphatic heterocycles. The highest BCUT2D eigenvalue weighted by molar-refractivity contribution is 5.97. The lowest BCUT2D eigenvalue weighted by Crippen LogP contribution is -2.41. The molecule has 26 heavy (non-hydrogen) atoms. The number of nitrogens with one attached hydrogen (secondary N) is 2. The molecule has 0 aliphatic rings. The maximum absolute atomic E-state index is 12.4. The Morgan fingerprint density at radius 2 is 1.62 bits per heavy atom. The second-order valence-electron chi connectivity index (χ2n) is 6.36. The molecule has 0 bridgehead atoms. The van der Waals surface area contributed by atoms with Crippen LogP contribution in [0.3, 0.4) is 0 Å².